The average Bonchev–Trinajstić information content (AvgIpc) is 3.18. The maximum absolute atomic E-state index is 11.2. The van der Waals surface area contributed by atoms with E-state index in [2.05, 4.69) is 6.92 Å². The molecule has 0 radical (unpaired) electrons. The van der Waals surface area contributed by atoms with E-state index < -0.39 is 0 Å². The largest absolute Gasteiger partial charge is 0.457 e. The number of hydrogen-bond donors (Lipinski definition) is 0. The molecule has 0 aliphatic carbocycles. The van der Waals surface area contributed by atoms with Gasteiger partial charge in [0, 0.05) is 0 Å². The number of esters is 1. The zero-order valence-electron chi connectivity index (χ0n) is 12.9. The lowest BCUT2D eigenvalue weighted by molar-refractivity contribution is -0.149. The first-order valence-corrected chi connectivity index (χ1v) is 8.69. The minimum absolute atomic E-state index is 0.0612. The van der Waals surface area contributed by atoms with Gasteiger partial charge < -0.3 is 9.47 Å². The summed E-state index contributed by atoms with van der Waals surface area (Å²) in [6, 6.07) is 0. The summed E-state index contributed by atoms with van der Waals surface area (Å²) in [5, 5.41) is 0. The highest BCUT2D eigenvalue weighted by atomic mass is 16.7. The van der Waals surface area contributed by atoms with E-state index in [0.717, 1.165) is 6.42 Å². The molecule has 0 saturated carbocycles. The Kier molecular flexibility index (Phi) is 6.85. The van der Waals surface area contributed by atoms with Crippen molar-refractivity contribution >= 4 is 5.97 Å². The van der Waals surface area contributed by atoms with E-state index in [1.807, 2.05) is 0 Å². The summed E-state index contributed by atoms with van der Waals surface area (Å²) in [5.74, 6) is -0.136. The maximum atomic E-state index is 11.2. The lowest BCUT2D eigenvalue weighted by atomic mass is 10.0. The Morgan fingerprint density at radius 2 is 1.40 bits per heavy atom. The van der Waals surface area contributed by atoms with E-state index in [9.17, 15) is 4.79 Å². The van der Waals surface area contributed by atoms with Crippen molar-refractivity contribution in [3.8, 4) is 0 Å². The number of epoxide rings is 1. The van der Waals surface area contributed by atoms with Crippen molar-refractivity contribution in [3.63, 3.8) is 0 Å². The van der Waals surface area contributed by atoms with E-state index in [-0.39, 0.29) is 24.3 Å². The van der Waals surface area contributed by atoms with Crippen molar-refractivity contribution in [2.45, 2.75) is 102 Å². The van der Waals surface area contributed by atoms with Crippen LogP contribution in [0.25, 0.3) is 0 Å². The first-order chi connectivity index (χ1) is 9.83. The Hall–Kier alpha value is -0.570. The second-order valence-corrected chi connectivity index (χ2v) is 6.32. The molecule has 0 aromatic carbocycles. The van der Waals surface area contributed by atoms with Gasteiger partial charge in [-0.05, 0) is 12.8 Å². The molecule has 0 spiro atoms. The number of ether oxygens (including phenoxy) is 2. The van der Waals surface area contributed by atoms with Gasteiger partial charge in [0.2, 0.25) is 0 Å². The van der Waals surface area contributed by atoms with Crippen LogP contribution in [0.3, 0.4) is 0 Å². The third kappa shape index (κ3) is 5.08. The fourth-order valence-electron chi connectivity index (χ4n) is 3.11. The number of carbonyl (C=O) groups excluding carboxylic acids is 1. The van der Waals surface area contributed by atoms with Gasteiger partial charge in [0.05, 0.1) is 0 Å². The summed E-state index contributed by atoms with van der Waals surface area (Å²) in [7, 11) is 0. The summed E-state index contributed by atoms with van der Waals surface area (Å²) in [5.41, 5.74) is 0. The molecule has 0 aromatic rings. The Morgan fingerprint density at radius 3 is 1.85 bits per heavy atom. The minimum Gasteiger partial charge on any atom is -0.457 e. The summed E-state index contributed by atoms with van der Waals surface area (Å²) < 4.78 is 10.5. The number of fused-ring (bicyclic) bond motifs is 1. The number of cyclic esters (lactones) is 1. The van der Waals surface area contributed by atoms with Crippen molar-refractivity contribution < 1.29 is 14.3 Å². The van der Waals surface area contributed by atoms with Gasteiger partial charge in [-0.1, -0.05) is 71.1 Å². The standard InChI is InChI=1S/C17H30O3/c1-2-3-4-5-6-7-8-9-10-11-12-13-14-15-16(20-15)17(18)19-14/h14-16H,2-13H2,1H3/t14?,15-,16-/m1/s1. The lowest BCUT2D eigenvalue weighted by Crippen LogP contribution is -2.15. The van der Waals surface area contributed by atoms with Gasteiger partial charge in [0.1, 0.15) is 12.2 Å². The smallest absolute Gasteiger partial charge is 0.338 e. The van der Waals surface area contributed by atoms with Crippen molar-refractivity contribution in [2.24, 2.45) is 0 Å². The summed E-state index contributed by atoms with van der Waals surface area (Å²) in [6.07, 6.45) is 15.9. The van der Waals surface area contributed by atoms with Gasteiger partial charge in [-0.2, -0.15) is 0 Å². The van der Waals surface area contributed by atoms with Gasteiger partial charge in [-0.3, -0.25) is 0 Å². The zero-order chi connectivity index (χ0) is 14.2. The van der Waals surface area contributed by atoms with Crippen LogP contribution in [-0.4, -0.2) is 24.3 Å². The van der Waals surface area contributed by atoms with Crippen LogP contribution in [0.1, 0.15) is 84.0 Å². The van der Waals surface area contributed by atoms with Crippen LogP contribution in [0.5, 0.6) is 0 Å². The van der Waals surface area contributed by atoms with Crippen LogP contribution in [0.4, 0.5) is 0 Å². The van der Waals surface area contributed by atoms with Crippen LogP contribution >= 0.6 is 0 Å². The monoisotopic (exact) mass is 282 g/mol. The van der Waals surface area contributed by atoms with Crippen molar-refractivity contribution in [1.82, 2.24) is 0 Å². The molecule has 0 N–H and O–H groups in total. The molecule has 20 heavy (non-hydrogen) atoms. The highest BCUT2D eigenvalue weighted by molar-refractivity contribution is 5.81. The normalized spacial score (nSPS) is 27.4. The molecule has 2 fully saturated rings. The third-order valence-corrected chi connectivity index (χ3v) is 4.48. The molecule has 3 heteroatoms. The quantitative estimate of drug-likeness (QED) is 0.303. The highest BCUT2D eigenvalue weighted by Crippen LogP contribution is 2.37. The fourth-order valence-corrected chi connectivity index (χ4v) is 3.11. The Morgan fingerprint density at radius 1 is 0.850 bits per heavy atom. The van der Waals surface area contributed by atoms with Crippen LogP contribution < -0.4 is 0 Å². The van der Waals surface area contributed by atoms with Crippen molar-refractivity contribution in [1.29, 1.82) is 0 Å². The maximum Gasteiger partial charge on any atom is 0.338 e. The van der Waals surface area contributed by atoms with E-state index >= 15 is 0 Å². The molecule has 2 saturated heterocycles. The molecular weight excluding hydrogens is 252 g/mol. The van der Waals surface area contributed by atoms with Gasteiger partial charge in [-0.15, -0.1) is 0 Å². The molecule has 1 unspecified atom stereocenters. The summed E-state index contributed by atoms with van der Waals surface area (Å²) in [4.78, 5) is 11.2. The van der Waals surface area contributed by atoms with Gasteiger partial charge in [-0.25, -0.2) is 4.79 Å². The van der Waals surface area contributed by atoms with Crippen LogP contribution in [0.15, 0.2) is 0 Å². The SMILES string of the molecule is CCCCCCCCCCCCCC1OC(=O)[C@@H]2O[C@H]12. The molecule has 0 aromatic heterocycles. The van der Waals surface area contributed by atoms with Crippen LogP contribution in [-0.2, 0) is 14.3 Å². The number of rotatable bonds is 12. The third-order valence-electron chi connectivity index (χ3n) is 4.48. The lowest BCUT2D eigenvalue weighted by Gasteiger charge is -2.10. The second kappa shape index (κ2) is 8.66. The Labute approximate surface area is 123 Å². The van der Waals surface area contributed by atoms with Crippen molar-refractivity contribution in [2.75, 3.05) is 0 Å². The summed E-state index contributed by atoms with van der Waals surface area (Å²) in [6.45, 7) is 2.27. The molecule has 0 amide bonds. The molecule has 3 atom stereocenters. The van der Waals surface area contributed by atoms with Crippen molar-refractivity contribution in [3.05, 3.63) is 0 Å². The van der Waals surface area contributed by atoms with Crippen LogP contribution in [0, 0.1) is 0 Å². The molecule has 0 bridgehead atoms. The van der Waals surface area contributed by atoms with Gasteiger partial charge >= 0.3 is 5.97 Å². The first kappa shape index (κ1) is 15.8. The van der Waals surface area contributed by atoms with Crippen LogP contribution in [0.2, 0.25) is 0 Å². The molecule has 116 valence electrons. The Balaban J connectivity index is 1.32. The average molecular weight is 282 g/mol. The Bertz CT molecular complexity index is 290. The first-order valence-electron chi connectivity index (χ1n) is 8.69. The predicted octanol–water partition coefficient (Wildman–Crippen LogP) is 4.38. The summed E-state index contributed by atoms with van der Waals surface area (Å²) >= 11 is 0. The predicted molar refractivity (Wildman–Crippen MR) is 79.6 cm³/mol. The number of unbranched alkanes of at least 4 members (excludes halogenated alkanes) is 10. The molecule has 2 aliphatic heterocycles. The van der Waals surface area contributed by atoms with Gasteiger partial charge in [0.15, 0.2) is 6.10 Å². The van der Waals surface area contributed by atoms with E-state index in [0.29, 0.717) is 0 Å². The molecule has 3 nitrogen and oxygen atoms in total. The number of carbonyl (C=O) groups is 1. The fraction of sp³-hybridized carbons (Fsp3) is 0.941. The number of hydrogen-bond acceptors (Lipinski definition) is 3. The highest BCUT2D eigenvalue weighted by Gasteiger charge is 2.58. The van der Waals surface area contributed by atoms with E-state index in [1.54, 1.807) is 0 Å². The molecule has 2 heterocycles. The second-order valence-electron chi connectivity index (χ2n) is 6.32. The minimum atomic E-state index is -0.201. The topological polar surface area (TPSA) is 38.8 Å². The van der Waals surface area contributed by atoms with Gasteiger partial charge in [0.25, 0.3) is 0 Å². The molecule has 2 aliphatic rings. The zero-order valence-corrected chi connectivity index (χ0v) is 12.9. The molecule has 2 rings (SSSR count). The van der Waals surface area contributed by atoms with E-state index in [4.69, 9.17) is 9.47 Å². The van der Waals surface area contributed by atoms with E-state index in [1.165, 1.54) is 70.6 Å². The molecular formula is C17H30O3.